The third-order valence-corrected chi connectivity index (χ3v) is 6.03. The minimum Gasteiger partial charge on any atom is -0.320 e. The molecule has 146 valence electrons. The summed E-state index contributed by atoms with van der Waals surface area (Å²) in [6.45, 7) is 7.97. The van der Waals surface area contributed by atoms with Gasteiger partial charge in [0.1, 0.15) is 5.00 Å². The number of rotatable bonds is 6. The van der Waals surface area contributed by atoms with Crippen molar-refractivity contribution in [2.75, 3.05) is 5.32 Å². The van der Waals surface area contributed by atoms with Gasteiger partial charge in [0, 0.05) is 18.4 Å². The maximum Gasteiger partial charge on any atom is 0.242 e. The molecule has 0 saturated heterocycles. The Hall–Kier alpha value is -2.73. The van der Waals surface area contributed by atoms with E-state index in [0.29, 0.717) is 19.3 Å². The Balaban J connectivity index is 1.96. The van der Waals surface area contributed by atoms with Crippen molar-refractivity contribution in [2.24, 2.45) is 5.10 Å². The van der Waals surface area contributed by atoms with E-state index in [2.05, 4.69) is 36.5 Å². The van der Waals surface area contributed by atoms with E-state index in [1.165, 1.54) is 16.9 Å². The number of aryl methyl sites for hydroxylation is 1. The van der Waals surface area contributed by atoms with Gasteiger partial charge >= 0.3 is 0 Å². The topological polar surface area (TPSA) is 61.8 Å². The molecule has 1 aromatic carbocycles. The molecular weight excluding hydrogens is 370 g/mol. The van der Waals surface area contributed by atoms with Crippen LogP contribution >= 0.6 is 11.3 Å². The van der Waals surface area contributed by atoms with Gasteiger partial charge in [-0.25, -0.2) is 5.01 Å². The van der Waals surface area contributed by atoms with E-state index in [1.54, 1.807) is 5.01 Å². The summed E-state index contributed by atoms with van der Waals surface area (Å²) >= 11 is 1.49. The van der Waals surface area contributed by atoms with Crippen molar-refractivity contribution in [2.45, 2.75) is 46.6 Å². The molecule has 5 nitrogen and oxygen atoms in total. The summed E-state index contributed by atoms with van der Waals surface area (Å²) in [7, 11) is 0. The number of anilines is 1. The summed E-state index contributed by atoms with van der Waals surface area (Å²) in [4.78, 5) is 23.4. The fraction of sp³-hybridized carbons (Fsp3) is 0.318. The molecule has 1 N–H and O–H groups in total. The second-order valence-electron chi connectivity index (χ2n) is 6.94. The quantitative estimate of drug-likeness (QED) is 0.687. The molecule has 0 fully saturated rings. The van der Waals surface area contributed by atoms with Gasteiger partial charge in [-0.1, -0.05) is 36.8 Å². The molecule has 0 spiro atoms. The van der Waals surface area contributed by atoms with E-state index in [4.69, 9.17) is 5.10 Å². The van der Waals surface area contributed by atoms with Crippen molar-refractivity contribution in [3.63, 3.8) is 0 Å². The standard InChI is InChI=1S/C22H25N3O2S/c1-5-21(27)25-20(17-8-6-14(2)7-9-17)12-19(24-25)16(4)15(3)18-10-11-28-22(18)23-13-26/h6-11,13,20H,5,12H2,1-4H3,(H,23,26)/b16-15+. The molecule has 1 aliphatic heterocycles. The normalized spacial score (nSPS) is 17.2. The predicted octanol–water partition coefficient (Wildman–Crippen LogP) is 5.16. The molecule has 1 unspecified atom stereocenters. The predicted molar refractivity (Wildman–Crippen MR) is 115 cm³/mol. The van der Waals surface area contributed by atoms with Crippen LogP contribution < -0.4 is 5.32 Å². The molecular formula is C22H25N3O2S. The zero-order valence-electron chi connectivity index (χ0n) is 16.7. The highest BCUT2D eigenvalue weighted by atomic mass is 32.1. The molecule has 1 atom stereocenters. The monoisotopic (exact) mass is 395 g/mol. The van der Waals surface area contributed by atoms with Crippen LogP contribution in [0.5, 0.6) is 0 Å². The second kappa shape index (κ2) is 8.52. The van der Waals surface area contributed by atoms with E-state index in [9.17, 15) is 9.59 Å². The van der Waals surface area contributed by atoms with E-state index in [0.717, 1.165) is 33.0 Å². The van der Waals surface area contributed by atoms with E-state index >= 15 is 0 Å². The Morgan fingerprint density at radius 1 is 1.25 bits per heavy atom. The number of allylic oxidation sites excluding steroid dienone is 2. The van der Waals surface area contributed by atoms with Gasteiger partial charge < -0.3 is 5.32 Å². The van der Waals surface area contributed by atoms with Crippen molar-refractivity contribution in [3.05, 3.63) is 58.0 Å². The summed E-state index contributed by atoms with van der Waals surface area (Å²) < 4.78 is 0. The SMILES string of the molecule is CCC(=O)N1N=C(/C(C)=C(\C)c2ccsc2NC=O)CC1c1ccc(C)cc1. The number of hydrogen-bond donors (Lipinski definition) is 1. The molecule has 1 aromatic heterocycles. The van der Waals surface area contributed by atoms with Gasteiger partial charge in [-0.15, -0.1) is 11.3 Å². The molecule has 2 aromatic rings. The van der Waals surface area contributed by atoms with Crippen LogP contribution in [-0.2, 0) is 9.59 Å². The van der Waals surface area contributed by atoms with Crippen LogP contribution in [-0.4, -0.2) is 23.0 Å². The minimum absolute atomic E-state index is 0.0184. The number of nitrogens with one attached hydrogen (secondary N) is 1. The summed E-state index contributed by atoms with van der Waals surface area (Å²) in [6.07, 6.45) is 1.79. The fourth-order valence-corrected chi connectivity index (χ4v) is 4.17. The zero-order chi connectivity index (χ0) is 20.3. The third-order valence-electron chi connectivity index (χ3n) is 5.19. The number of carbonyl (C=O) groups excluding carboxylic acids is 2. The summed E-state index contributed by atoms with van der Waals surface area (Å²) in [5.74, 6) is 0.0184. The van der Waals surface area contributed by atoms with E-state index in [1.807, 2.05) is 32.2 Å². The van der Waals surface area contributed by atoms with Gasteiger partial charge in [-0.05, 0) is 48.9 Å². The van der Waals surface area contributed by atoms with Crippen LogP contribution in [0.3, 0.4) is 0 Å². The average molecular weight is 396 g/mol. The van der Waals surface area contributed by atoms with Gasteiger partial charge in [-0.3, -0.25) is 9.59 Å². The Kier molecular flexibility index (Phi) is 6.09. The second-order valence-corrected chi connectivity index (χ2v) is 7.86. The molecule has 2 amide bonds. The molecule has 0 radical (unpaired) electrons. The summed E-state index contributed by atoms with van der Waals surface area (Å²) in [5, 5.41) is 11.9. The van der Waals surface area contributed by atoms with E-state index < -0.39 is 0 Å². The van der Waals surface area contributed by atoms with Crippen molar-refractivity contribution in [3.8, 4) is 0 Å². The van der Waals surface area contributed by atoms with Crippen LogP contribution in [0.4, 0.5) is 5.00 Å². The van der Waals surface area contributed by atoms with Crippen LogP contribution in [0, 0.1) is 6.92 Å². The van der Waals surface area contributed by atoms with Gasteiger partial charge in [-0.2, -0.15) is 5.10 Å². The van der Waals surface area contributed by atoms with Crippen molar-refractivity contribution in [1.82, 2.24) is 5.01 Å². The maximum absolute atomic E-state index is 12.5. The Labute approximate surface area is 169 Å². The van der Waals surface area contributed by atoms with Crippen molar-refractivity contribution < 1.29 is 9.59 Å². The van der Waals surface area contributed by atoms with Crippen LogP contribution in [0.15, 0.2) is 46.4 Å². The Morgan fingerprint density at radius 3 is 2.61 bits per heavy atom. The Morgan fingerprint density at radius 2 is 1.96 bits per heavy atom. The van der Waals surface area contributed by atoms with Crippen LogP contribution in [0.25, 0.3) is 5.57 Å². The first-order valence-corrected chi connectivity index (χ1v) is 10.3. The molecule has 0 bridgehead atoms. The molecule has 0 aliphatic carbocycles. The average Bonchev–Trinajstić information content (AvgIpc) is 3.34. The minimum atomic E-state index is -0.0826. The number of benzene rings is 1. The van der Waals surface area contributed by atoms with Crippen LogP contribution in [0.1, 0.15) is 56.3 Å². The molecule has 28 heavy (non-hydrogen) atoms. The molecule has 0 saturated carbocycles. The number of nitrogens with zero attached hydrogens (tertiary/aromatic N) is 2. The summed E-state index contributed by atoms with van der Waals surface area (Å²) in [5.41, 5.74) is 6.28. The number of carbonyl (C=O) groups is 2. The lowest BCUT2D eigenvalue weighted by Gasteiger charge is -2.21. The highest BCUT2D eigenvalue weighted by molar-refractivity contribution is 7.14. The lowest BCUT2D eigenvalue weighted by molar-refractivity contribution is -0.132. The fourth-order valence-electron chi connectivity index (χ4n) is 3.37. The highest BCUT2D eigenvalue weighted by Crippen LogP contribution is 2.37. The Bertz CT molecular complexity index is 941. The lowest BCUT2D eigenvalue weighted by atomic mass is 9.94. The lowest BCUT2D eigenvalue weighted by Crippen LogP contribution is -2.26. The number of amides is 2. The van der Waals surface area contributed by atoms with Gasteiger partial charge in [0.15, 0.2) is 0 Å². The van der Waals surface area contributed by atoms with E-state index in [-0.39, 0.29) is 11.9 Å². The number of hydrogen-bond acceptors (Lipinski definition) is 4. The molecule has 6 heteroatoms. The maximum atomic E-state index is 12.5. The highest BCUT2D eigenvalue weighted by Gasteiger charge is 2.32. The van der Waals surface area contributed by atoms with Gasteiger partial charge in [0.25, 0.3) is 0 Å². The smallest absolute Gasteiger partial charge is 0.242 e. The third kappa shape index (κ3) is 3.92. The number of thiophene rings is 1. The van der Waals surface area contributed by atoms with Crippen molar-refractivity contribution in [1.29, 1.82) is 0 Å². The first kappa shape index (κ1) is 20.0. The largest absolute Gasteiger partial charge is 0.320 e. The first-order chi connectivity index (χ1) is 13.5. The first-order valence-electron chi connectivity index (χ1n) is 9.38. The zero-order valence-corrected chi connectivity index (χ0v) is 17.5. The van der Waals surface area contributed by atoms with Crippen LogP contribution in [0.2, 0.25) is 0 Å². The molecule has 2 heterocycles. The molecule has 3 rings (SSSR count). The van der Waals surface area contributed by atoms with Gasteiger partial charge in [0.05, 0.1) is 11.8 Å². The van der Waals surface area contributed by atoms with Gasteiger partial charge in [0.2, 0.25) is 12.3 Å². The van der Waals surface area contributed by atoms with Crippen molar-refractivity contribution >= 4 is 39.9 Å². The number of hydrazone groups is 1. The molecule has 1 aliphatic rings. The summed E-state index contributed by atoms with van der Waals surface area (Å²) in [6, 6.07) is 10.2.